The number of hydrogen-bond donors (Lipinski definition) is 2. The second kappa shape index (κ2) is 11.2. The maximum Gasteiger partial charge on any atom is 0.299 e. The zero-order chi connectivity index (χ0) is 25.5. The molecule has 0 aliphatic rings. The van der Waals surface area contributed by atoms with Gasteiger partial charge in [-0.15, -0.1) is 0 Å². The van der Waals surface area contributed by atoms with Gasteiger partial charge >= 0.3 is 0 Å². The fourth-order valence-electron chi connectivity index (χ4n) is 3.24. The van der Waals surface area contributed by atoms with Gasteiger partial charge in [-0.1, -0.05) is 0 Å². The van der Waals surface area contributed by atoms with Crippen LogP contribution in [0.4, 0.5) is 20.2 Å². The Morgan fingerprint density at radius 1 is 0.944 bits per heavy atom. The molecule has 8 nitrogen and oxygen atoms in total. The SMILES string of the molecule is COCCNC(=O)c1ccc(Nc2c(Oc3ccc(F)cc3)cnn(-c3ccc(F)cc3)c2=O)cc1. The molecular weight excluding hydrogens is 470 g/mol. The van der Waals surface area contributed by atoms with E-state index in [1.165, 1.54) is 54.7 Å². The van der Waals surface area contributed by atoms with Crippen molar-refractivity contribution in [1.29, 1.82) is 0 Å². The number of methoxy groups -OCH3 is 1. The van der Waals surface area contributed by atoms with Gasteiger partial charge in [0.15, 0.2) is 11.4 Å². The van der Waals surface area contributed by atoms with Crippen LogP contribution in [0.15, 0.2) is 83.8 Å². The first-order valence-electron chi connectivity index (χ1n) is 10.9. The Kier molecular flexibility index (Phi) is 7.66. The summed E-state index contributed by atoms with van der Waals surface area (Å²) >= 11 is 0. The highest BCUT2D eigenvalue weighted by molar-refractivity contribution is 5.94. The van der Waals surface area contributed by atoms with Crippen molar-refractivity contribution in [1.82, 2.24) is 15.1 Å². The third kappa shape index (κ3) is 5.91. The van der Waals surface area contributed by atoms with Gasteiger partial charge in [0.05, 0.1) is 18.5 Å². The molecule has 0 radical (unpaired) electrons. The molecule has 4 rings (SSSR count). The summed E-state index contributed by atoms with van der Waals surface area (Å²) in [5.74, 6) is -0.763. The number of aromatic nitrogens is 2. The molecule has 36 heavy (non-hydrogen) atoms. The first-order chi connectivity index (χ1) is 17.4. The number of anilines is 2. The lowest BCUT2D eigenvalue weighted by Crippen LogP contribution is -2.26. The summed E-state index contributed by atoms with van der Waals surface area (Å²) in [6.45, 7) is 0.768. The van der Waals surface area contributed by atoms with Crippen molar-refractivity contribution in [2.45, 2.75) is 0 Å². The summed E-state index contributed by atoms with van der Waals surface area (Å²) in [5.41, 5.74) is 0.749. The molecule has 3 aromatic carbocycles. The second-order valence-corrected chi connectivity index (χ2v) is 7.58. The minimum Gasteiger partial charge on any atom is -0.453 e. The predicted molar refractivity (Wildman–Crippen MR) is 130 cm³/mol. The molecule has 4 aromatic rings. The predicted octanol–water partition coefficient (Wildman–Crippen LogP) is 4.42. The number of carbonyl (C=O) groups excluding carboxylic acids is 1. The van der Waals surface area contributed by atoms with Crippen LogP contribution in [0.1, 0.15) is 10.4 Å². The van der Waals surface area contributed by atoms with Gasteiger partial charge in [-0.05, 0) is 72.8 Å². The van der Waals surface area contributed by atoms with Gasteiger partial charge in [0.2, 0.25) is 0 Å². The molecule has 0 bridgehead atoms. The summed E-state index contributed by atoms with van der Waals surface area (Å²) in [4.78, 5) is 25.6. The van der Waals surface area contributed by atoms with Crippen LogP contribution in [-0.2, 0) is 4.74 Å². The lowest BCUT2D eigenvalue weighted by Gasteiger charge is -2.15. The van der Waals surface area contributed by atoms with E-state index in [0.29, 0.717) is 35.8 Å². The van der Waals surface area contributed by atoms with E-state index in [1.807, 2.05) is 0 Å². The van der Waals surface area contributed by atoms with Crippen molar-refractivity contribution < 1.29 is 23.0 Å². The highest BCUT2D eigenvalue weighted by Crippen LogP contribution is 2.29. The normalized spacial score (nSPS) is 10.6. The fraction of sp³-hybridized carbons (Fsp3) is 0.115. The van der Waals surface area contributed by atoms with E-state index in [-0.39, 0.29) is 17.3 Å². The van der Waals surface area contributed by atoms with Gasteiger partial charge < -0.3 is 20.1 Å². The molecule has 10 heteroatoms. The molecule has 0 saturated carbocycles. The van der Waals surface area contributed by atoms with E-state index in [2.05, 4.69) is 15.7 Å². The number of ether oxygens (including phenoxy) is 2. The number of nitrogens with one attached hydrogen (secondary N) is 2. The minimum absolute atomic E-state index is 0.0379. The van der Waals surface area contributed by atoms with Gasteiger partial charge in [0.1, 0.15) is 17.4 Å². The summed E-state index contributed by atoms with van der Waals surface area (Å²) in [6.07, 6.45) is 1.33. The molecule has 2 N–H and O–H groups in total. The Balaban J connectivity index is 1.66. The van der Waals surface area contributed by atoms with Gasteiger partial charge in [0.25, 0.3) is 11.5 Å². The highest BCUT2D eigenvalue weighted by atomic mass is 19.1. The van der Waals surface area contributed by atoms with Gasteiger partial charge in [-0.2, -0.15) is 9.78 Å². The van der Waals surface area contributed by atoms with Crippen LogP contribution in [0.25, 0.3) is 5.69 Å². The maximum absolute atomic E-state index is 13.4. The van der Waals surface area contributed by atoms with Crippen LogP contribution in [0.5, 0.6) is 11.5 Å². The molecule has 0 aliphatic heterocycles. The summed E-state index contributed by atoms with van der Waals surface area (Å²) in [5, 5.41) is 9.89. The average Bonchev–Trinajstić information content (AvgIpc) is 2.89. The topological polar surface area (TPSA) is 94.5 Å². The lowest BCUT2D eigenvalue weighted by molar-refractivity contribution is 0.0937. The Morgan fingerprint density at radius 3 is 2.22 bits per heavy atom. The molecule has 0 aliphatic carbocycles. The quantitative estimate of drug-likeness (QED) is 0.336. The lowest BCUT2D eigenvalue weighted by atomic mass is 10.2. The maximum atomic E-state index is 13.4. The molecule has 0 atom stereocenters. The van der Waals surface area contributed by atoms with Gasteiger partial charge in [-0.25, -0.2) is 8.78 Å². The molecule has 0 fully saturated rings. The number of amides is 1. The molecule has 0 unspecified atom stereocenters. The largest absolute Gasteiger partial charge is 0.453 e. The van der Waals surface area contributed by atoms with E-state index in [9.17, 15) is 18.4 Å². The molecule has 1 aromatic heterocycles. The van der Waals surface area contributed by atoms with E-state index in [1.54, 1.807) is 31.4 Å². The Bertz CT molecular complexity index is 1390. The monoisotopic (exact) mass is 492 g/mol. The third-order valence-electron chi connectivity index (χ3n) is 5.06. The number of carbonyl (C=O) groups is 1. The fourth-order valence-corrected chi connectivity index (χ4v) is 3.24. The van der Waals surface area contributed by atoms with E-state index in [0.717, 1.165) is 4.68 Å². The minimum atomic E-state index is -0.567. The van der Waals surface area contributed by atoms with Crippen LogP contribution in [0.2, 0.25) is 0 Å². The van der Waals surface area contributed by atoms with E-state index in [4.69, 9.17) is 9.47 Å². The van der Waals surface area contributed by atoms with Crippen molar-refractivity contribution >= 4 is 17.3 Å². The standard InChI is InChI=1S/C26H22F2N4O4/c1-35-15-14-29-25(33)17-2-8-20(9-3-17)31-24-23(36-22-12-6-19(28)7-13-22)16-30-32(26(24)34)21-10-4-18(27)5-11-21/h2-13,16,31H,14-15H2,1H3,(H,29,33). The molecule has 0 saturated heterocycles. The summed E-state index contributed by atoms with van der Waals surface area (Å²) < 4.78 is 38.5. The number of benzene rings is 3. The smallest absolute Gasteiger partial charge is 0.299 e. The first kappa shape index (κ1) is 24.6. The molecule has 1 amide bonds. The van der Waals surface area contributed by atoms with Crippen molar-refractivity contribution in [3.8, 4) is 17.2 Å². The van der Waals surface area contributed by atoms with E-state index >= 15 is 0 Å². The summed E-state index contributed by atoms with van der Waals surface area (Å²) in [7, 11) is 1.55. The highest BCUT2D eigenvalue weighted by Gasteiger charge is 2.16. The second-order valence-electron chi connectivity index (χ2n) is 7.58. The third-order valence-corrected chi connectivity index (χ3v) is 5.06. The zero-order valence-corrected chi connectivity index (χ0v) is 19.2. The van der Waals surface area contributed by atoms with Gasteiger partial charge in [-0.3, -0.25) is 9.59 Å². The van der Waals surface area contributed by atoms with Gasteiger partial charge in [0, 0.05) is 24.9 Å². The van der Waals surface area contributed by atoms with E-state index < -0.39 is 17.2 Å². The first-order valence-corrected chi connectivity index (χ1v) is 10.9. The number of rotatable bonds is 9. The summed E-state index contributed by atoms with van der Waals surface area (Å²) in [6, 6.07) is 17.0. The van der Waals surface area contributed by atoms with Crippen LogP contribution >= 0.6 is 0 Å². The molecule has 184 valence electrons. The molecular formula is C26H22F2N4O4. The Labute approximate surface area is 205 Å². The van der Waals surface area contributed by atoms with Crippen LogP contribution < -0.4 is 20.9 Å². The number of halogens is 2. The van der Waals surface area contributed by atoms with Crippen molar-refractivity contribution in [3.05, 3.63) is 107 Å². The van der Waals surface area contributed by atoms with Crippen LogP contribution in [0.3, 0.4) is 0 Å². The van der Waals surface area contributed by atoms with Crippen molar-refractivity contribution in [3.63, 3.8) is 0 Å². The number of hydrogen-bond acceptors (Lipinski definition) is 6. The molecule has 0 spiro atoms. The Morgan fingerprint density at radius 2 is 1.58 bits per heavy atom. The molecule has 1 heterocycles. The van der Waals surface area contributed by atoms with Crippen molar-refractivity contribution in [2.24, 2.45) is 0 Å². The number of nitrogens with zero attached hydrogens (tertiary/aromatic N) is 2. The zero-order valence-electron chi connectivity index (χ0n) is 19.2. The average molecular weight is 492 g/mol. The van der Waals surface area contributed by atoms with Crippen LogP contribution in [-0.4, -0.2) is 35.9 Å². The Hall–Kier alpha value is -4.57. The van der Waals surface area contributed by atoms with Crippen molar-refractivity contribution in [2.75, 3.05) is 25.6 Å². The van der Waals surface area contributed by atoms with Crippen LogP contribution in [0, 0.1) is 11.6 Å².